The van der Waals surface area contributed by atoms with E-state index in [2.05, 4.69) is 5.32 Å². The molecule has 1 saturated heterocycles. The highest BCUT2D eigenvalue weighted by Crippen LogP contribution is 2.10. The predicted molar refractivity (Wildman–Crippen MR) is 46.8 cm³/mol. The number of carbonyl (C=O) groups excluding carboxylic acids is 1. The largest absolute Gasteiger partial charge is 0.376 e. The molecule has 4 nitrogen and oxygen atoms in total. The molecule has 1 unspecified atom stereocenters. The van der Waals surface area contributed by atoms with Crippen molar-refractivity contribution in [1.82, 2.24) is 5.32 Å². The average molecular weight is 182 g/mol. The number of rotatable bonds is 4. The molecule has 0 aromatic carbocycles. The highest BCUT2D eigenvalue weighted by atomic mass is 16.5. The molecule has 1 aliphatic rings. The van der Waals surface area contributed by atoms with Gasteiger partial charge < -0.3 is 10.1 Å². The summed E-state index contributed by atoms with van der Waals surface area (Å²) in [4.78, 5) is 11.0. The third-order valence-corrected chi connectivity index (χ3v) is 2.01. The Balaban J connectivity index is 2.04. The molecule has 0 saturated carbocycles. The maximum absolute atomic E-state index is 11.0. The molecule has 0 radical (unpaired) electrons. The molecule has 1 N–H and O–H groups in total. The van der Waals surface area contributed by atoms with Gasteiger partial charge in [0.05, 0.1) is 12.2 Å². The zero-order valence-corrected chi connectivity index (χ0v) is 7.58. The summed E-state index contributed by atoms with van der Waals surface area (Å²) in [5.41, 5.74) is 0. The predicted octanol–water partition coefficient (Wildman–Crippen LogP) is 0.585. The topological polar surface area (TPSA) is 62.1 Å². The minimum atomic E-state index is -0.0583. The molecule has 0 aliphatic carbocycles. The Kier molecular flexibility index (Phi) is 4.27. The van der Waals surface area contributed by atoms with Gasteiger partial charge in [0, 0.05) is 26.0 Å². The van der Waals surface area contributed by atoms with Gasteiger partial charge in [-0.05, 0) is 12.8 Å². The lowest BCUT2D eigenvalue weighted by Gasteiger charge is -2.09. The second kappa shape index (κ2) is 5.55. The fourth-order valence-corrected chi connectivity index (χ4v) is 1.29. The van der Waals surface area contributed by atoms with Crippen LogP contribution in [0.15, 0.2) is 0 Å². The van der Waals surface area contributed by atoms with Crippen LogP contribution in [0, 0.1) is 11.3 Å². The molecule has 0 spiro atoms. The molecule has 1 aliphatic heterocycles. The fraction of sp³-hybridized carbons (Fsp3) is 0.778. The summed E-state index contributed by atoms with van der Waals surface area (Å²) < 4.78 is 5.33. The standard InChI is InChI=1S/C9H14N2O2/c10-5-1-4-9(12)11-7-8-3-2-6-13-8/h8H,1-4,6-7H2,(H,11,12). The molecular formula is C9H14N2O2. The lowest BCUT2D eigenvalue weighted by Crippen LogP contribution is -2.31. The second-order valence-corrected chi connectivity index (χ2v) is 3.10. The minimum absolute atomic E-state index is 0.0583. The van der Waals surface area contributed by atoms with Gasteiger partial charge in [0.1, 0.15) is 0 Å². The van der Waals surface area contributed by atoms with Gasteiger partial charge in [-0.25, -0.2) is 0 Å². The molecule has 0 aromatic rings. The maximum Gasteiger partial charge on any atom is 0.221 e. The van der Waals surface area contributed by atoms with Crippen LogP contribution in [0.3, 0.4) is 0 Å². The molecule has 1 rings (SSSR count). The van der Waals surface area contributed by atoms with Crippen molar-refractivity contribution in [1.29, 1.82) is 5.26 Å². The van der Waals surface area contributed by atoms with Crippen LogP contribution < -0.4 is 5.32 Å². The van der Waals surface area contributed by atoms with Crippen molar-refractivity contribution in [3.8, 4) is 6.07 Å². The van der Waals surface area contributed by atoms with Crippen LogP contribution in [-0.2, 0) is 9.53 Å². The third-order valence-electron chi connectivity index (χ3n) is 2.01. The molecule has 1 heterocycles. The van der Waals surface area contributed by atoms with Gasteiger partial charge in [-0.1, -0.05) is 0 Å². The van der Waals surface area contributed by atoms with Crippen molar-refractivity contribution in [2.24, 2.45) is 0 Å². The number of hydrogen-bond acceptors (Lipinski definition) is 3. The molecule has 4 heteroatoms. The van der Waals surface area contributed by atoms with Crippen LogP contribution in [-0.4, -0.2) is 25.2 Å². The Bertz CT molecular complexity index is 204. The fourth-order valence-electron chi connectivity index (χ4n) is 1.29. The van der Waals surface area contributed by atoms with Crippen molar-refractivity contribution < 1.29 is 9.53 Å². The summed E-state index contributed by atoms with van der Waals surface area (Å²) in [5, 5.41) is 11.0. The normalized spacial score (nSPS) is 21.0. The van der Waals surface area contributed by atoms with Gasteiger partial charge >= 0.3 is 0 Å². The third kappa shape index (κ3) is 3.90. The summed E-state index contributed by atoms with van der Waals surface area (Å²) in [5.74, 6) is -0.0583. The average Bonchev–Trinajstić information content (AvgIpc) is 2.64. The highest BCUT2D eigenvalue weighted by molar-refractivity contribution is 5.76. The van der Waals surface area contributed by atoms with Gasteiger partial charge in [0.2, 0.25) is 5.91 Å². The van der Waals surface area contributed by atoms with Gasteiger partial charge in [0.25, 0.3) is 0 Å². The Labute approximate surface area is 77.9 Å². The lowest BCUT2D eigenvalue weighted by atomic mass is 10.2. The molecule has 72 valence electrons. The van der Waals surface area contributed by atoms with Crippen molar-refractivity contribution >= 4 is 5.91 Å². The van der Waals surface area contributed by atoms with E-state index >= 15 is 0 Å². The maximum atomic E-state index is 11.0. The first-order valence-electron chi connectivity index (χ1n) is 4.58. The van der Waals surface area contributed by atoms with Gasteiger partial charge in [0.15, 0.2) is 0 Å². The van der Waals surface area contributed by atoms with Crippen LogP contribution >= 0.6 is 0 Å². The number of amides is 1. The molecule has 1 fully saturated rings. The lowest BCUT2D eigenvalue weighted by molar-refractivity contribution is -0.121. The quantitative estimate of drug-likeness (QED) is 0.692. The number of nitrogens with zero attached hydrogens (tertiary/aromatic N) is 1. The zero-order valence-electron chi connectivity index (χ0n) is 7.58. The Morgan fingerprint density at radius 3 is 3.15 bits per heavy atom. The molecule has 0 bridgehead atoms. The summed E-state index contributed by atoms with van der Waals surface area (Å²) in [6, 6.07) is 1.93. The van der Waals surface area contributed by atoms with Gasteiger partial charge in [-0.2, -0.15) is 5.26 Å². The van der Waals surface area contributed by atoms with E-state index in [0.717, 1.165) is 19.4 Å². The number of ether oxygens (including phenoxy) is 1. The van der Waals surface area contributed by atoms with Gasteiger partial charge in [-0.3, -0.25) is 4.79 Å². The Hall–Kier alpha value is -1.08. The monoisotopic (exact) mass is 182 g/mol. The smallest absolute Gasteiger partial charge is 0.221 e. The van der Waals surface area contributed by atoms with Crippen molar-refractivity contribution in [3.05, 3.63) is 0 Å². The van der Waals surface area contributed by atoms with Crippen LogP contribution in [0.2, 0.25) is 0 Å². The highest BCUT2D eigenvalue weighted by Gasteiger charge is 2.15. The number of carbonyl (C=O) groups is 1. The Morgan fingerprint density at radius 2 is 2.54 bits per heavy atom. The van der Waals surface area contributed by atoms with Gasteiger partial charge in [-0.15, -0.1) is 0 Å². The summed E-state index contributed by atoms with van der Waals surface area (Å²) in [6.45, 7) is 1.39. The summed E-state index contributed by atoms with van der Waals surface area (Å²) in [7, 11) is 0. The zero-order chi connectivity index (χ0) is 9.52. The molecule has 1 atom stereocenters. The van der Waals surface area contributed by atoms with E-state index in [1.807, 2.05) is 6.07 Å². The van der Waals surface area contributed by atoms with E-state index in [0.29, 0.717) is 13.0 Å². The molecule has 1 amide bonds. The van der Waals surface area contributed by atoms with Crippen molar-refractivity contribution in [2.45, 2.75) is 31.8 Å². The van der Waals surface area contributed by atoms with Crippen LogP contribution in [0.5, 0.6) is 0 Å². The SMILES string of the molecule is N#CCCC(=O)NCC1CCCO1. The van der Waals surface area contributed by atoms with E-state index < -0.39 is 0 Å². The molecule has 0 aromatic heterocycles. The molecular weight excluding hydrogens is 168 g/mol. The first-order valence-corrected chi connectivity index (χ1v) is 4.58. The Morgan fingerprint density at radius 1 is 1.69 bits per heavy atom. The van der Waals surface area contributed by atoms with E-state index in [1.165, 1.54) is 0 Å². The second-order valence-electron chi connectivity index (χ2n) is 3.10. The van der Waals surface area contributed by atoms with E-state index in [-0.39, 0.29) is 18.4 Å². The molecule has 13 heavy (non-hydrogen) atoms. The number of nitriles is 1. The van der Waals surface area contributed by atoms with Crippen molar-refractivity contribution in [3.63, 3.8) is 0 Å². The first-order chi connectivity index (χ1) is 6.33. The number of nitrogens with one attached hydrogen (secondary N) is 1. The van der Waals surface area contributed by atoms with Crippen LogP contribution in [0.4, 0.5) is 0 Å². The van der Waals surface area contributed by atoms with E-state index in [9.17, 15) is 4.79 Å². The van der Waals surface area contributed by atoms with Crippen LogP contribution in [0.25, 0.3) is 0 Å². The minimum Gasteiger partial charge on any atom is -0.376 e. The van der Waals surface area contributed by atoms with Crippen molar-refractivity contribution in [2.75, 3.05) is 13.2 Å². The summed E-state index contributed by atoms with van der Waals surface area (Å²) >= 11 is 0. The van der Waals surface area contributed by atoms with E-state index in [4.69, 9.17) is 10.00 Å². The van der Waals surface area contributed by atoms with Crippen LogP contribution in [0.1, 0.15) is 25.7 Å². The number of hydrogen-bond donors (Lipinski definition) is 1. The summed E-state index contributed by atoms with van der Waals surface area (Å²) in [6.07, 6.45) is 2.88. The first kappa shape index (κ1) is 10.0. The van der Waals surface area contributed by atoms with E-state index in [1.54, 1.807) is 0 Å².